The van der Waals surface area contributed by atoms with Crippen LogP contribution in [0.5, 0.6) is 0 Å². The molecule has 0 bridgehead atoms. The van der Waals surface area contributed by atoms with Crippen molar-refractivity contribution in [2.45, 2.75) is 19.4 Å². The molecule has 0 aromatic heterocycles. The number of benzene rings is 2. The molecule has 1 N–H and O–H groups in total. The fraction of sp³-hybridized carbons (Fsp3) is 0.417. The van der Waals surface area contributed by atoms with Crippen LogP contribution in [-0.2, 0) is 4.79 Å². The van der Waals surface area contributed by atoms with Gasteiger partial charge in [-0.1, -0.05) is 48.0 Å². The average molecular weight is 444 g/mol. The molecule has 4 rings (SSSR count). The number of carbonyl (C=O) groups is 2. The highest BCUT2D eigenvalue weighted by Crippen LogP contribution is 2.33. The maximum absolute atomic E-state index is 14.1. The van der Waals surface area contributed by atoms with Gasteiger partial charge in [-0.25, -0.2) is 4.39 Å². The topological polar surface area (TPSA) is 52.7 Å². The average Bonchev–Trinajstić information content (AvgIpc) is 3.30. The Bertz CT molecular complexity index is 921. The van der Waals surface area contributed by atoms with Crippen molar-refractivity contribution in [3.05, 3.63) is 70.5 Å². The minimum atomic E-state index is -0.568. The van der Waals surface area contributed by atoms with E-state index in [2.05, 4.69) is 10.2 Å². The van der Waals surface area contributed by atoms with Crippen LogP contribution in [0, 0.1) is 17.7 Å². The predicted molar refractivity (Wildman–Crippen MR) is 118 cm³/mol. The molecule has 2 aromatic carbocycles. The van der Waals surface area contributed by atoms with Gasteiger partial charge in [-0.15, -0.1) is 0 Å². The molecule has 2 aromatic rings. The smallest absolute Gasteiger partial charge is 0.258 e. The van der Waals surface area contributed by atoms with Crippen molar-refractivity contribution in [3.8, 4) is 0 Å². The maximum Gasteiger partial charge on any atom is 0.258 e. The molecule has 2 amide bonds. The molecule has 2 heterocycles. The van der Waals surface area contributed by atoms with Gasteiger partial charge < -0.3 is 15.1 Å². The molecule has 5 nitrogen and oxygen atoms in total. The Labute approximate surface area is 187 Å². The van der Waals surface area contributed by atoms with E-state index >= 15 is 0 Å². The lowest BCUT2D eigenvalue weighted by Gasteiger charge is -2.24. The van der Waals surface area contributed by atoms with Gasteiger partial charge in [0.05, 0.1) is 16.6 Å². The van der Waals surface area contributed by atoms with Gasteiger partial charge in [0.2, 0.25) is 5.91 Å². The molecule has 2 unspecified atom stereocenters. The van der Waals surface area contributed by atoms with E-state index in [-0.39, 0.29) is 28.4 Å². The lowest BCUT2D eigenvalue weighted by Crippen LogP contribution is -2.35. The van der Waals surface area contributed by atoms with Crippen molar-refractivity contribution >= 4 is 23.4 Å². The number of hydrogen-bond donors (Lipinski definition) is 1. The Morgan fingerprint density at radius 2 is 1.74 bits per heavy atom. The van der Waals surface area contributed by atoms with Gasteiger partial charge in [0.15, 0.2) is 0 Å². The Morgan fingerprint density at radius 3 is 2.35 bits per heavy atom. The number of rotatable bonds is 6. The van der Waals surface area contributed by atoms with Crippen molar-refractivity contribution in [2.24, 2.45) is 11.8 Å². The molecule has 7 heteroatoms. The highest BCUT2D eigenvalue weighted by Gasteiger charge is 2.42. The van der Waals surface area contributed by atoms with E-state index in [4.69, 9.17) is 11.6 Å². The molecule has 2 saturated heterocycles. The first-order valence-electron chi connectivity index (χ1n) is 10.7. The van der Waals surface area contributed by atoms with Crippen LogP contribution in [0.3, 0.4) is 0 Å². The monoisotopic (exact) mass is 443 g/mol. The Kier molecular flexibility index (Phi) is 6.58. The van der Waals surface area contributed by atoms with Gasteiger partial charge in [-0.05, 0) is 36.0 Å². The van der Waals surface area contributed by atoms with Crippen molar-refractivity contribution in [3.63, 3.8) is 0 Å². The third-order valence-corrected chi connectivity index (χ3v) is 6.65. The molecular weight excluding hydrogens is 417 g/mol. The molecule has 2 aliphatic heterocycles. The summed E-state index contributed by atoms with van der Waals surface area (Å²) in [5.74, 6) is -0.163. The SMILES string of the molecule is CC(=O)NC(CCN1CC2CN(C(=O)c3c(F)cccc3Cl)C[C@@H]2C1)c1ccccc1. The van der Waals surface area contributed by atoms with Crippen LogP contribution in [-0.4, -0.2) is 54.3 Å². The van der Waals surface area contributed by atoms with Crippen LogP contribution < -0.4 is 5.32 Å². The molecule has 0 aliphatic carbocycles. The standard InChI is InChI=1S/C24H27ClFN3O2/c1-16(30)27-22(17-6-3-2-4-7-17)10-11-28-12-18-14-29(15-19(18)13-28)24(31)23-20(25)8-5-9-21(23)26/h2-9,18-19,22H,10-15H2,1H3,(H,27,30)/t18-,19?,22?/m0/s1. The van der Waals surface area contributed by atoms with Gasteiger partial charge in [0.1, 0.15) is 5.82 Å². The quantitative estimate of drug-likeness (QED) is 0.739. The molecule has 2 fully saturated rings. The van der Waals surface area contributed by atoms with Gasteiger partial charge in [-0.2, -0.15) is 0 Å². The van der Waals surface area contributed by atoms with Crippen LogP contribution >= 0.6 is 11.6 Å². The lowest BCUT2D eigenvalue weighted by atomic mass is 10.0. The van der Waals surface area contributed by atoms with Gasteiger partial charge in [0.25, 0.3) is 5.91 Å². The number of nitrogens with zero attached hydrogens (tertiary/aromatic N) is 2. The minimum Gasteiger partial charge on any atom is -0.349 e. The molecular formula is C24H27ClFN3O2. The van der Waals surface area contributed by atoms with Gasteiger partial charge >= 0.3 is 0 Å². The molecule has 164 valence electrons. The second kappa shape index (κ2) is 9.37. The van der Waals surface area contributed by atoms with Gasteiger partial charge in [-0.3, -0.25) is 9.59 Å². The van der Waals surface area contributed by atoms with Crippen molar-refractivity contribution in [1.82, 2.24) is 15.1 Å². The zero-order valence-electron chi connectivity index (χ0n) is 17.6. The Hall–Kier alpha value is -2.44. The van der Waals surface area contributed by atoms with Crippen LogP contribution in [0.15, 0.2) is 48.5 Å². The van der Waals surface area contributed by atoms with Crippen LogP contribution in [0.1, 0.15) is 35.3 Å². The first-order valence-corrected chi connectivity index (χ1v) is 11.1. The normalized spacial score (nSPS) is 21.7. The summed E-state index contributed by atoms with van der Waals surface area (Å²) in [7, 11) is 0. The molecule has 0 saturated carbocycles. The molecule has 0 spiro atoms. The summed E-state index contributed by atoms with van der Waals surface area (Å²) in [6, 6.07) is 14.3. The minimum absolute atomic E-state index is 0.0135. The predicted octanol–water partition coefficient (Wildman–Crippen LogP) is 3.75. The first kappa shape index (κ1) is 21.8. The van der Waals surface area contributed by atoms with Crippen molar-refractivity contribution in [2.75, 3.05) is 32.7 Å². The summed E-state index contributed by atoms with van der Waals surface area (Å²) in [5.41, 5.74) is 1.08. The van der Waals surface area contributed by atoms with E-state index in [1.54, 1.807) is 17.9 Å². The third-order valence-electron chi connectivity index (χ3n) is 6.34. The van der Waals surface area contributed by atoms with Crippen molar-refractivity contribution in [1.29, 1.82) is 0 Å². The van der Waals surface area contributed by atoms with E-state index in [9.17, 15) is 14.0 Å². The number of nitrogens with one attached hydrogen (secondary N) is 1. The van der Waals surface area contributed by atoms with E-state index in [0.29, 0.717) is 24.9 Å². The second-order valence-electron chi connectivity index (χ2n) is 8.54. The number of amides is 2. The van der Waals surface area contributed by atoms with E-state index in [1.807, 2.05) is 30.3 Å². The zero-order chi connectivity index (χ0) is 22.0. The first-order chi connectivity index (χ1) is 14.9. The van der Waals surface area contributed by atoms with Crippen molar-refractivity contribution < 1.29 is 14.0 Å². The summed E-state index contributed by atoms with van der Waals surface area (Å²) in [6.07, 6.45) is 0.830. The number of likely N-dealkylation sites (tertiary alicyclic amines) is 2. The fourth-order valence-electron chi connectivity index (χ4n) is 4.86. The summed E-state index contributed by atoms with van der Waals surface area (Å²) in [6.45, 7) is 5.47. The summed E-state index contributed by atoms with van der Waals surface area (Å²) < 4.78 is 14.1. The van der Waals surface area contributed by atoms with E-state index < -0.39 is 5.82 Å². The van der Waals surface area contributed by atoms with E-state index in [0.717, 1.165) is 31.6 Å². The molecule has 31 heavy (non-hydrogen) atoms. The third kappa shape index (κ3) is 4.91. The number of halogens is 2. The van der Waals surface area contributed by atoms with Crippen LogP contribution in [0.25, 0.3) is 0 Å². The molecule has 0 radical (unpaired) electrons. The van der Waals surface area contributed by atoms with Gasteiger partial charge in [0, 0.05) is 39.6 Å². The zero-order valence-corrected chi connectivity index (χ0v) is 18.3. The highest BCUT2D eigenvalue weighted by molar-refractivity contribution is 6.33. The summed E-state index contributed by atoms with van der Waals surface area (Å²) in [4.78, 5) is 28.6. The highest BCUT2D eigenvalue weighted by atomic mass is 35.5. The fourth-order valence-corrected chi connectivity index (χ4v) is 5.11. The molecule has 3 atom stereocenters. The largest absolute Gasteiger partial charge is 0.349 e. The summed E-state index contributed by atoms with van der Waals surface area (Å²) >= 11 is 6.08. The van der Waals surface area contributed by atoms with E-state index in [1.165, 1.54) is 12.1 Å². The Balaban J connectivity index is 1.33. The Morgan fingerprint density at radius 1 is 1.06 bits per heavy atom. The number of hydrogen-bond acceptors (Lipinski definition) is 3. The number of carbonyl (C=O) groups excluding carboxylic acids is 2. The number of fused-ring (bicyclic) bond motifs is 1. The second-order valence-corrected chi connectivity index (χ2v) is 8.95. The maximum atomic E-state index is 14.1. The summed E-state index contributed by atoms with van der Waals surface area (Å²) in [5, 5.41) is 3.22. The lowest BCUT2D eigenvalue weighted by molar-refractivity contribution is -0.119. The van der Waals surface area contributed by atoms with Crippen LogP contribution in [0.4, 0.5) is 4.39 Å². The van der Waals surface area contributed by atoms with Crippen LogP contribution in [0.2, 0.25) is 5.02 Å². The molecule has 2 aliphatic rings.